The first-order valence-electron chi connectivity index (χ1n) is 6.39. The molecule has 6 nitrogen and oxygen atoms in total. The van der Waals surface area contributed by atoms with Crippen molar-refractivity contribution >= 4 is 16.0 Å². The van der Waals surface area contributed by atoms with E-state index in [1.54, 1.807) is 24.3 Å². The van der Waals surface area contributed by atoms with Gasteiger partial charge in [0.05, 0.1) is 18.4 Å². The Kier molecular flexibility index (Phi) is 4.74. The van der Waals surface area contributed by atoms with Crippen molar-refractivity contribution < 1.29 is 17.9 Å². The summed E-state index contributed by atoms with van der Waals surface area (Å²) in [4.78, 5) is 11.3. The predicted octanol–water partition coefficient (Wildman–Crippen LogP) is 0.208. The molecule has 1 aliphatic heterocycles. The maximum absolute atomic E-state index is 12.2. The molecule has 0 unspecified atom stereocenters. The second kappa shape index (κ2) is 6.34. The van der Waals surface area contributed by atoms with E-state index in [4.69, 9.17) is 0 Å². The molecule has 1 aliphatic rings. The molecule has 0 aliphatic carbocycles. The minimum absolute atomic E-state index is 0.0472. The molecule has 0 aromatic heterocycles. The van der Waals surface area contributed by atoms with Gasteiger partial charge in [-0.15, -0.1) is 0 Å². The molecule has 0 saturated carbocycles. The fraction of sp³-hybridized carbons (Fsp3) is 0.462. The maximum atomic E-state index is 12.2. The average molecular weight is 298 g/mol. The highest BCUT2D eigenvalue weighted by Gasteiger charge is 2.23. The number of sulfonamides is 1. The molecule has 1 aromatic rings. The first-order valence-corrected chi connectivity index (χ1v) is 7.99. The van der Waals surface area contributed by atoms with Crippen LogP contribution in [0.25, 0.3) is 0 Å². The van der Waals surface area contributed by atoms with Crippen LogP contribution in [0.2, 0.25) is 0 Å². The highest BCUT2D eigenvalue weighted by molar-refractivity contribution is 7.88. The number of nitrogens with zero attached hydrogens (tertiary/aromatic N) is 1. The van der Waals surface area contributed by atoms with E-state index < -0.39 is 16.0 Å². The lowest BCUT2D eigenvalue weighted by Crippen LogP contribution is -2.46. The van der Waals surface area contributed by atoms with Crippen LogP contribution < -0.4 is 5.32 Å². The van der Waals surface area contributed by atoms with Crippen LogP contribution in [0.3, 0.4) is 0 Å². The van der Waals surface area contributed by atoms with Gasteiger partial charge in [-0.25, -0.2) is 13.2 Å². The summed E-state index contributed by atoms with van der Waals surface area (Å²) in [6.07, 6.45) is 0. The number of benzene rings is 1. The monoisotopic (exact) mass is 298 g/mol. The SMILES string of the molecule is COC(=O)c1ccc(CS(=O)(=O)N2CCNCC2)cc1. The van der Waals surface area contributed by atoms with Gasteiger partial charge in [0.2, 0.25) is 10.0 Å². The lowest BCUT2D eigenvalue weighted by Gasteiger charge is -2.26. The van der Waals surface area contributed by atoms with Crippen molar-refractivity contribution in [3.05, 3.63) is 35.4 Å². The highest BCUT2D eigenvalue weighted by atomic mass is 32.2. The van der Waals surface area contributed by atoms with Gasteiger partial charge in [0.1, 0.15) is 0 Å². The van der Waals surface area contributed by atoms with Crippen molar-refractivity contribution in [2.45, 2.75) is 5.75 Å². The zero-order chi connectivity index (χ0) is 14.6. The molecule has 110 valence electrons. The van der Waals surface area contributed by atoms with E-state index in [9.17, 15) is 13.2 Å². The highest BCUT2D eigenvalue weighted by Crippen LogP contribution is 2.13. The van der Waals surface area contributed by atoms with Crippen molar-refractivity contribution in [2.24, 2.45) is 0 Å². The predicted molar refractivity (Wildman–Crippen MR) is 74.8 cm³/mol. The number of carbonyl (C=O) groups excluding carboxylic acids is 1. The molecule has 1 N–H and O–H groups in total. The molecule has 1 heterocycles. The van der Waals surface area contributed by atoms with Gasteiger partial charge in [-0.1, -0.05) is 12.1 Å². The van der Waals surface area contributed by atoms with Crippen LogP contribution in [0.5, 0.6) is 0 Å². The number of methoxy groups -OCH3 is 1. The van der Waals surface area contributed by atoms with Crippen LogP contribution in [-0.2, 0) is 20.5 Å². The Bertz CT molecular complexity index is 563. The van der Waals surface area contributed by atoms with E-state index in [2.05, 4.69) is 10.1 Å². The van der Waals surface area contributed by atoms with Gasteiger partial charge in [-0.2, -0.15) is 4.31 Å². The van der Waals surface area contributed by atoms with Gasteiger partial charge >= 0.3 is 5.97 Å². The van der Waals surface area contributed by atoms with Crippen molar-refractivity contribution in [1.29, 1.82) is 0 Å². The Labute approximate surface area is 118 Å². The standard InChI is InChI=1S/C13H18N2O4S/c1-19-13(16)12-4-2-11(3-5-12)10-20(17,18)15-8-6-14-7-9-15/h2-5,14H,6-10H2,1H3. The molecular formula is C13H18N2O4S. The van der Waals surface area contributed by atoms with Gasteiger partial charge < -0.3 is 10.1 Å². The van der Waals surface area contributed by atoms with Gasteiger partial charge in [0.15, 0.2) is 0 Å². The Balaban J connectivity index is 2.07. The van der Waals surface area contributed by atoms with E-state index in [1.807, 2.05) is 0 Å². The molecule has 1 aromatic carbocycles. The van der Waals surface area contributed by atoms with E-state index in [1.165, 1.54) is 11.4 Å². The molecule has 0 bridgehead atoms. The fourth-order valence-corrected chi connectivity index (χ4v) is 3.61. The van der Waals surface area contributed by atoms with Crippen LogP contribution in [-0.4, -0.2) is 52.0 Å². The van der Waals surface area contributed by atoms with Crippen LogP contribution in [0.4, 0.5) is 0 Å². The lowest BCUT2D eigenvalue weighted by atomic mass is 10.1. The number of carbonyl (C=O) groups is 1. The second-order valence-corrected chi connectivity index (χ2v) is 6.56. The van der Waals surface area contributed by atoms with Crippen molar-refractivity contribution in [2.75, 3.05) is 33.3 Å². The minimum Gasteiger partial charge on any atom is -0.465 e. The Morgan fingerprint density at radius 2 is 1.85 bits per heavy atom. The number of hydrogen-bond acceptors (Lipinski definition) is 5. The van der Waals surface area contributed by atoms with Crippen LogP contribution in [0, 0.1) is 0 Å². The third-order valence-corrected chi connectivity index (χ3v) is 5.04. The third-order valence-electron chi connectivity index (χ3n) is 3.19. The number of hydrogen-bond donors (Lipinski definition) is 1. The maximum Gasteiger partial charge on any atom is 0.337 e. The summed E-state index contributed by atoms with van der Waals surface area (Å²) in [7, 11) is -1.99. The second-order valence-electron chi connectivity index (χ2n) is 4.59. The minimum atomic E-state index is -3.30. The number of piperazine rings is 1. The summed E-state index contributed by atoms with van der Waals surface area (Å²) >= 11 is 0. The van der Waals surface area contributed by atoms with Gasteiger partial charge in [0, 0.05) is 26.2 Å². The normalized spacial score (nSPS) is 16.9. The van der Waals surface area contributed by atoms with E-state index >= 15 is 0 Å². The van der Waals surface area contributed by atoms with Crippen molar-refractivity contribution in [1.82, 2.24) is 9.62 Å². The molecule has 7 heteroatoms. The van der Waals surface area contributed by atoms with E-state index in [-0.39, 0.29) is 5.75 Å². The Hall–Kier alpha value is -1.44. The number of rotatable bonds is 4. The molecule has 20 heavy (non-hydrogen) atoms. The summed E-state index contributed by atoms with van der Waals surface area (Å²) in [5, 5.41) is 3.12. The largest absolute Gasteiger partial charge is 0.465 e. The number of ether oxygens (including phenoxy) is 1. The molecular weight excluding hydrogens is 280 g/mol. The molecule has 0 amide bonds. The summed E-state index contributed by atoms with van der Waals surface area (Å²) in [5.74, 6) is -0.476. The fourth-order valence-electron chi connectivity index (χ4n) is 2.08. The molecule has 1 saturated heterocycles. The van der Waals surface area contributed by atoms with Crippen molar-refractivity contribution in [3.8, 4) is 0 Å². The zero-order valence-corrected chi connectivity index (χ0v) is 12.1. The summed E-state index contributed by atoms with van der Waals surface area (Å²) in [5.41, 5.74) is 1.08. The van der Waals surface area contributed by atoms with E-state index in [0.29, 0.717) is 37.3 Å². The zero-order valence-electron chi connectivity index (χ0n) is 11.3. The van der Waals surface area contributed by atoms with Gasteiger partial charge in [-0.3, -0.25) is 0 Å². The van der Waals surface area contributed by atoms with Gasteiger partial charge in [-0.05, 0) is 17.7 Å². The molecule has 0 radical (unpaired) electrons. The smallest absolute Gasteiger partial charge is 0.337 e. The Morgan fingerprint density at radius 1 is 1.25 bits per heavy atom. The van der Waals surface area contributed by atoms with Gasteiger partial charge in [0.25, 0.3) is 0 Å². The molecule has 2 rings (SSSR count). The number of nitrogens with one attached hydrogen (secondary N) is 1. The molecule has 0 spiro atoms. The lowest BCUT2D eigenvalue weighted by molar-refractivity contribution is 0.0600. The molecule has 1 fully saturated rings. The first-order chi connectivity index (χ1) is 9.53. The third kappa shape index (κ3) is 3.56. The Morgan fingerprint density at radius 3 is 2.40 bits per heavy atom. The topological polar surface area (TPSA) is 75.7 Å². The first kappa shape index (κ1) is 15.0. The quantitative estimate of drug-likeness (QED) is 0.804. The summed E-state index contributed by atoms with van der Waals surface area (Å²) < 4.78 is 30.6. The van der Waals surface area contributed by atoms with Crippen molar-refractivity contribution in [3.63, 3.8) is 0 Å². The number of esters is 1. The van der Waals surface area contributed by atoms with E-state index in [0.717, 1.165) is 0 Å². The van der Waals surface area contributed by atoms with Crippen LogP contribution in [0.15, 0.2) is 24.3 Å². The summed E-state index contributed by atoms with van der Waals surface area (Å²) in [6.45, 7) is 2.37. The van der Waals surface area contributed by atoms with Crippen LogP contribution in [0.1, 0.15) is 15.9 Å². The van der Waals surface area contributed by atoms with Crippen LogP contribution >= 0.6 is 0 Å². The summed E-state index contributed by atoms with van der Waals surface area (Å²) in [6, 6.07) is 6.45. The average Bonchev–Trinajstić information content (AvgIpc) is 2.48. The molecule has 0 atom stereocenters.